The van der Waals surface area contributed by atoms with E-state index >= 15 is 0 Å². The summed E-state index contributed by atoms with van der Waals surface area (Å²) < 4.78 is 11.0. The minimum Gasteiger partial charge on any atom is -0.496 e. The number of benzene rings is 2. The average Bonchev–Trinajstić information content (AvgIpc) is 2.69. The van der Waals surface area contributed by atoms with Crippen LogP contribution in [0.25, 0.3) is 0 Å². The summed E-state index contributed by atoms with van der Waals surface area (Å²) in [4.78, 5) is 4.83. The molecule has 1 saturated heterocycles. The van der Waals surface area contributed by atoms with Crippen molar-refractivity contribution in [3.8, 4) is 11.5 Å². The Balaban J connectivity index is 1.72. The summed E-state index contributed by atoms with van der Waals surface area (Å²) in [6.45, 7) is 4.39. The highest BCUT2D eigenvalue weighted by Crippen LogP contribution is 2.32. The van der Waals surface area contributed by atoms with Gasteiger partial charge in [-0.2, -0.15) is 0 Å². The van der Waals surface area contributed by atoms with Crippen LogP contribution < -0.4 is 20.1 Å². The maximum absolute atomic E-state index is 6.12. The van der Waals surface area contributed by atoms with E-state index in [1.54, 1.807) is 14.2 Å². The lowest BCUT2D eigenvalue weighted by molar-refractivity contribution is 0.186. The first-order valence-corrected chi connectivity index (χ1v) is 8.73. The van der Waals surface area contributed by atoms with Crippen molar-refractivity contribution < 1.29 is 9.47 Å². The van der Waals surface area contributed by atoms with Crippen molar-refractivity contribution in [2.75, 3.05) is 51.8 Å². The third-order valence-electron chi connectivity index (χ3n) is 4.90. The van der Waals surface area contributed by atoms with E-state index < -0.39 is 0 Å². The molecule has 3 rings (SSSR count). The standard InChI is InChI=1S/C20H27N3O2/c1-24-19-9-5-3-7-16(19)18(15-21)23-13-11-22(12-14-23)17-8-4-6-10-20(17)25-2/h3-10,18H,11-15,21H2,1-2H3/t18-/m0/s1. The van der Waals surface area contributed by atoms with Crippen LogP contribution in [0.2, 0.25) is 0 Å². The van der Waals surface area contributed by atoms with Gasteiger partial charge in [0.1, 0.15) is 11.5 Å². The zero-order valence-corrected chi connectivity index (χ0v) is 15.0. The summed E-state index contributed by atoms with van der Waals surface area (Å²) in [5, 5.41) is 0. The van der Waals surface area contributed by atoms with Crippen molar-refractivity contribution in [2.24, 2.45) is 5.73 Å². The third kappa shape index (κ3) is 3.72. The molecule has 25 heavy (non-hydrogen) atoms. The molecule has 0 bridgehead atoms. The van der Waals surface area contributed by atoms with Gasteiger partial charge in [0.25, 0.3) is 0 Å². The zero-order valence-electron chi connectivity index (χ0n) is 15.0. The van der Waals surface area contributed by atoms with E-state index in [9.17, 15) is 0 Å². The van der Waals surface area contributed by atoms with Gasteiger partial charge in [-0.05, 0) is 18.2 Å². The van der Waals surface area contributed by atoms with Crippen LogP contribution in [0, 0.1) is 0 Å². The molecule has 0 unspecified atom stereocenters. The average molecular weight is 341 g/mol. The Morgan fingerprint density at radius 2 is 1.48 bits per heavy atom. The van der Waals surface area contributed by atoms with Gasteiger partial charge in [0.2, 0.25) is 0 Å². The second kappa shape index (κ2) is 8.23. The van der Waals surface area contributed by atoms with Crippen LogP contribution in [0.15, 0.2) is 48.5 Å². The summed E-state index contributed by atoms with van der Waals surface area (Å²) >= 11 is 0. The Bertz CT molecular complexity index is 684. The molecule has 0 radical (unpaired) electrons. The van der Waals surface area contributed by atoms with E-state index in [2.05, 4.69) is 28.0 Å². The van der Waals surface area contributed by atoms with Crippen LogP contribution >= 0.6 is 0 Å². The predicted molar refractivity (Wildman–Crippen MR) is 102 cm³/mol. The summed E-state index contributed by atoms with van der Waals surface area (Å²) in [5.74, 6) is 1.83. The van der Waals surface area contributed by atoms with Gasteiger partial charge >= 0.3 is 0 Å². The topological polar surface area (TPSA) is 51.0 Å². The highest BCUT2D eigenvalue weighted by molar-refractivity contribution is 5.58. The van der Waals surface area contributed by atoms with Crippen LogP contribution in [0.4, 0.5) is 5.69 Å². The van der Waals surface area contributed by atoms with Gasteiger partial charge in [0, 0.05) is 38.3 Å². The van der Waals surface area contributed by atoms with E-state index in [0.717, 1.165) is 43.4 Å². The summed E-state index contributed by atoms with van der Waals surface area (Å²) in [7, 11) is 3.44. The number of hydrogen-bond donors (Lipinski definition) is 1. The summed E-state index contributed by atoms with van der Waals surface area (Å²) in [6.07, 6.45) is 0. The molecule has 2 aromatic rings. The Kier molecular flexibility index (Phi) is 5.79. The number of para-hydroxylation sites is 3. The molecule has 0 amide bonds. The maximum Gasteiger partial charge on any atom is 0.142 e. The summed E-state index contributed by atoms with van der Waals surface area (Å²) in [6, 6.07) is 16.5. The minimum atomic E-state index is 0.177. The van der Waals surface area contributed by atoms with Gasteiger partial charge in [-0.15, -0.1) is 0 Å². The molecule has 1 fully saturated rings. The SMILES string of the molecule is COc1ccccc1[C@H](CN)N1CCN(c2ccccc2OC)CC1. The number of piperazine rings is 1. The molecular formula is C20H27N3O2. The number of nitrogens with two attached hydrogens (primary N) is 1. The van der Waals surface area contributed by atoms with E-state index in [0.29, 0.717) is 6.54 Å². The third-order valence-corrected chi connectivity index (χ3v) is 4.90. The molecule has 1 heterocycles. The van der Waals surface area contributed by atoms with Crippen molar-refractivity contribution in [1.29, 1.82) is 0 Å². The molecule has 1 atom stereocenters. The van der Waals surface area contributed by atoms with E-state index in [-0.39, 0.29) is 6.04 Å². The normalized spacial score (nSPS) is 16.5. The fourth-order valence-corrected chi connectivity index (χ4v) is 3.58. The predicted octanol–water partition coefficient (Wildman–Crippen LogP) is 2.53. The van der Waals surface area contributed by atoms with Crippen LogP contribution in [0.1, 0.15) is 11.6 Å². The van der Waals surface area contributed by atoms with Gasteiger partial charge in [0.15, 0.2) is 0 Å². The van der Waals surface area contributed by atoms with Crippen molar-refractivity contribution >= 4 is 5.69 Å². The molecule has 1 aliphatic heterocycles. The fraction of sp³-hybridized carbons (Fsp3) is 0.400. The molecule has 0 spiro atoms. The molecule has 5 nitrogen and oxygen atoms in total. The minimum absolute atomic E-state index is 0.177. The molecule has 0 aromatic heterocycles. The van der Waals surface area contributed by atoms with Crippen LogP contribution in [-0.2, 0) is 0 Å². The Labute approximate surface area is 149 Å². The van der Waals surface area contributed by atoms with Crippen LogP contribution in [-0.4, -0.2) is 51.8 Å². The zero-order chi connectivity index (χ0) is 17.6. The van der Waals surface area contributed by atoms with E-state index in [1.165, 1.54) is 5.56 Å². The number of nitrogens with zero attached hydrogens (tertiary/aromatic N) is 2. The molecule has 2 aromatic carbocycles. The fourth-order valence-electron chi connectivity index (χ4n) is 3.58. The van der Waals surface area contributed by atoms with Crippen molar-refractivity contribution in [2.45, 2.75) is 6.04 Å². The Morgan fingerprint density at radius 3 is 2.12 bits per heavy atom. The monoisotopic (exact) mass is 341 g/mol. The molecule has 5 heteroatoms. The number of anilines is 1. The molecule has 0 aliphatic carbocycles. The number of hydrogen-bond acceptors (Lipinski definition) is 5. The van der Waals surface area contributed by atoms with Crippen molar-refractivity contribution in [3.05, 3.63) is 54.1 Å². The smallest absolute Gasteiger partial charge is 0.142 e. The van der Waals surface area contributed by atoms with Crippen molar-refractivity contribution in [3.63, 3.8) is 0 Å². The number of ether oxygens (including phenoxy) is 2. The van der Waals surface area contributed by atoms with Crippen LogP contribution in [0.3, 0.4) is 0 Å². The molecule has 2 N–H and O–H groups in total. The van der Waals surface area contributed by atoms with Gasteiger partial charge in [-0.25, -0.2) is 0 Å². The first-order valence-electron chi connectivity index (χ1n) is 8.73. The molecule has 134 valence electrons. The first kappa shape index (κ1) is 17.6. The quantitative estimate of drug-likeness (QED) is 0.875. The lowest BCUT2D eigenvalue weighted by Crippen LogP contribution is -2.49. The molecule has 0 saturated carbocycles. The van der Waals surface area contributed by atoms with Gasteiger partial charge in [-0.1, -0.05) is 30.3 Å². The lowest BCUT2D eigenvalue weighted by Gasteiger charge is -2.40. The second-order valence-electron chi connectivity index (χ2n) is 6.19. The van der Waals surface area contributed by atoms with Crippen molar-refractivity contribution in [1.82, 2.24) is 4.90 Å². The number of rotatable bonds is 6. The van der Waals surface area contributed by atoms with E-state index in [1.807, 2.05) is 30.3 Å². The highest BCUT2D eigenvalue weighted by Gasteiger charge is 2.26. The lowest BCUT2D eigenvalue weighted by atomic mass is 10.0. The highest BCUT2D eigenvalue weighted by atomic mass is 16.5. The maximum atomic E-state index is 6.12. The molecule has 1 aliphatic rings. The summed E-state index contributed by atoms with van der Waals surface area (Å²) in [5.41, 5.74) is 8.44. The largest absolute Gasteiger partial charge is 0.496 e. The first-order chi connectivity index (χ1) is 12.3. The Hall–Kier alpha value is -2.24. The second-order valence-corrected chi connectivity index (χ2v) is 6.19. The van der Waals surface area contributed by atoms with E-state index in [4.69, 9.17) is 15.2 Å². The van der Waals surface area contributed by atoms with Gasteiger partial charge < -0.3 is 20.1 Å². The Morgan fingerprint density at radius 1 is 0.880 bits per heavy atom. The van der Waals surface area contributed by atoms with Crippen LogP contribution in [0.5, 0.6) is 11.5 Å². The number of methoxy groups -OCH3 is 2. The molecular weight excluding hydrogens is 314 g/mol. The van der Waals surface area contributed by atoms with Gasteiger partial charge in [0.05, 0.1) is 25.9 Å². The van der Waals surface area contributed by atoms with Gasteiger partial charge in [-0.3, -0.25) is 4.90 Å².